The molecule has 2 unspecified atom stereocenters. The monoisotopic (exact) mass is 272 g/mol. The van der Waals surface area contributed by atoms with Crippen LogP contribution in [-0.2, 0) is 5.54 Å². The smallest absolute Gasteiger partial charge is 0.131 e. The fraction of sp³-hybridized carbons (Fsp3) is 0.562. The van der Waals surface area contributed by atoms with E-state index in [1.165, 1.54) is 0 Å². The number of benzene rings is 1. The van der Waals surface area contributed by atoms with Crippen molar-refractivity contribution in [3.8, 4) is 6.07 Å². The Balaban J connectivity index is 2.00. The number of nitrogens with two attached hydrogens (primary N) is 1. The first-order valence-corrected chi connectivity index (χ1v) is 7.23. The zero-order valence-electron chi connectivity index (χ0n) is 12.4. The zero-order chi connectivity index (χ0) is 14.6. The van der Waals surface area contributed by atoms with Crippen molar-refractivity contribution >= 4 is 0 Å². The molecule has 0 spiro atoms. The fourth-order valence-electron chi connectivity index (χ4n) is 2.83. The molecule has 2 N–H and O–H groups in total. The van der Waals surface area contributed by atoms with Gasteiger partial charge >= 0.3 is 0 Å². The van der Waals surface area contributed by atoms with E-state index in [9.17, 15) is 5.26 Å². The number of likely N-dealkylation sites (N-methyl/N-ethyl adjacent to an activating group) is 1. The third kappa shape index (κ3) is 3.37. The standard InChI is InChI=1S/C16H24N4/c1-14-12-19(2)10-11-20(14)9-8-16(18,13-17)15-6-4-3-5-7-15/h3-7,14H,8-12,18H2,1-2H3. The molecule has 1 aromatic carbocycles. The Hall–Kier alpha value is -1.41. The largest absolute Gasteiger partial charge is 0.310 e. The van der Waals surface area contributed by atoms with Gasteiger partial charge in [0.2, 0.25) is 0 Å². The normalized spacial score (nSPS) is 24.0. The molecule has 0 aromatic heterocycles. The summed E-state index contributed by atoms with van der Waals surface area (Å²) in [5.41, 5.74) is 6.33. The molecule has 4 heteroatoms. The first-order chi connectivity index (χ1) is 9.55. The predicted molar refractivity (Wildman–Crippen MR) is 81.1 cm³/mol. The highest BCUT2D eigenvalue weighted by Crippen LogP contribution is 2.22. The third-order valence-corrected chi connectivity index (χ3v) is 4.25. The summed E-state index contributed by atoms with van der Waals surface area (Å²) in [7, 11) is 2.15. The Kier molecular flexibility index (Phi) is 4.77. The van der Waals surface area contributed by atoms with Gasteiger partial charge in [0.05, 0.1) is 6.07 Å². The van der Waals surface area contributed by atoms with Crippen LogP contribution in [0.5, 0.6) is 0 Å². The molecule has 1 aromatic rings. The summed E-state index contributed by atoms with van der Waals surface area (Å²) in [5.74, 6) is 0. The van der Waals surface area contributed by atoms with Crippen LogP contribution in [-0.4, -0.2) is 49.1 Å². The molecule has 1 heterocycles. The summed E-state index contributed by atoms with van der Waals surface area (Å²) in [5, 5.41) is 9.47. The molecule has 1 fully saturated rings. The van der Waals surface area contributed by atoms with E-state index in [2.05, 4.69) is 29.8 Å². The summed E-state index contributed by atoms with van der Waals surface area (Å²) in [6, 6.07) is 12.5. The van der Waals surface area contributed by atoms with Gasteiger partial charge in [0.15, 0.2) is 0 Å². The fourth-order valence-corrected chi connectivity index (χ4v) is 2.83. The first-order valence-electron chi connectivity index (χ1n) is 7.23. The molecule has 20 heavy (non-hydrogen) atoms. The minimum absolute atomic E-state index is 0.521. The molecule has 0 saturated carbocycles. The second-order valence-corrected chi connectivity index (χ2v) is 5.85. The summed E-state index contributed by atoms with van der Waals surface area (Å²) < 4.78 is 0. The molecule has 2 rings (SSSR count). The molecular formula is C16H24N4. The maximum absolute atomic E-state index is 9.47. The van der Waals surface area contributed by atoms with Gasteiger partial charge in [-0.15, -0.1) is 0 Å². The lowest BCUT2D eigenvalue weighted by molar-refractivity contribution is 0.0947. The second-order valence-electron chi connectivity index (χ2n) is 5.85. The van der Waals surface area contributed by atoms with Crippen molar-refractivity contribution in [1.29, 1.82) is 5.26 Å². The molecule has 0 amide bonds. The van der Waals surface area contributed by atoms with Crippen LogP contribution in [0.1, 0.15) is 18.9 Å². The van der Waals surface area contributed by atoms with Crippen molar-refractivity contribution in [2.24, 2.45) is 5.73 Å². The molecule has 4 nitrogen and oxygen atoms in total. The SMILES string of the molecule is CC1CN(C)CCN1CCC(N)(C#N)c1ccccc1. The Morgan fingerprint density at radius 1 is 1.35 bits per heavy atom. The van der Waals surface area contributed by atoms with Crippen molar-refractivity contribution in [3.63, 3.8) is 0 Å². The quantitative estimate of drug-likeness (QED) is 0.900. The Morgan fingerprint density at radius 3 is 2.65 bits per heavy atom. The first kappa shape index (κ1) is 15.0. The number of hydrogen-bond acceptors (Lipinski definition) is 4. The summed E-state index contributed by atoms with van der Waals surface area (Å²) in [6.45, 7) is 6.32. The molecule has 0 aliphatic carbocycles. The Labute approximate surface area is 121 Å². The Morgan fingerprint density at radius 2 is 2.05 bits per heavy atom. The average molecular weight is 272 g/mol. The van der Waals surface area contributed by atoms with E-state index in [1.54, 1.807) is 0 Å². The van der Waals surface area contributed by atoms with E-state index < -0.39 is 5.54 Å². The highest BCUT2D eigenvalue weighted by molar-refractivity contribution is 5.30. The molecule has 0 radical (unpaired) electrons. The van der Waals surface area contributed by atoms with Crippen LogP contribution in [0, 0.1) is 11.3 Å². The van der Waals surface area contributed by atoms with Crippen LogP contribution in [0.15, 0.2) is 30.3 Å². The van der Waals surface area contributed by atoms with E-state index in [1.807, 2.05) is 30.3 Å². The average Bonchev–Trinajstić information content (AvgIpc) is 2.47. The van der Waals surface area contributed by atoms with Gasteiger partial charge in [-0.25, -0.2) is 0 Å². The molecule has 1 aliphatic rings. The van der Waals surface area contributed by atoms with E-state index >= 15 is 0 Å². The predicted octanol–water partition coefficient (Wildman–Crippen LogP) is 1.39. The summed E-state index contributed by atoms with van der Waals surface area (Å²) in [6.07, 6.45) is 0.668. The van der Waals surface area contributed by atoms with Crippen molar-refractivity contribution in [2.75, 3.05) is 33.2 Å². The minimum atomic E-state index is -0.885. The van der Waals surface area contributed by atoms with Gasteiger partial charge in [-0.3, -0.25) is 4.90 Å². The van der Waals surface area contributed by atoms with Crippen LogP contribution < -0.4 is 5.73 Å². The maximum Gasteiger partial charge on any atom is 0.131 e. The topological polar surface area (TPSA) is 56.3 Å². The van der Waals surface area contributed by atoms with Crippen molar-refractivity contribution in [1.82, 2.24) is 9.80 Å². The number of hydrogen-bond donors (Lipinski definition) is 1. The molecule has 108 valence electrons. The van der Waals surface area contributed by atoms with E-state index in [-0.39, 0.29) is 0 Å². The number of nitrogens with zero attached hydrogens (tertiary/aromatic N) is 3. The van der Waals surface area contributed by atoms with Crippen LogP contribution in [0.3, 0.4) is 0 Å². The number of nitriles is 1. The van der Waals surface area contributed by atoms with Gasteiger partial charge in [-0.2, -0.15) is 5.26 Å². The van der Waals surface area contributed by atoms with Gasteiger partial charge < -0.3 is 10.6 Å². The lowest BCUT2D eigenvalue weighted by atomic mass is 9.89. The van der Waals surface area contributed by atoms with E-state index in [0.717, 1.165) is 31.7 Å². The van der Waals surface area contributed by atoms with Gasteiger partial charge in [0.1, 0.15) is 5.54 Å². The van der Waals surface area contributed by atoms with Crippen molar-refractivity contribution in [3.05, 3.63) is 35.9 Å². The molecular weight excluding hydrogens is 248 g/mol. The van der Waals surface area contributed by atoms with Crippen molar-refractivity contribution < 1.29 is 0 Å². The Bertz CT molecular complexity index is 467. The number of piperazine rings is 1. The molecule has 1 aliphatic heterocycles. The van der Waals surface area contributed by atoms with E-state index in [0.29, 0.717) is 12.5 Å². The molecule has 2 atom stereocenters. The lowest BCUT2D eigenvalue weighted by Gasteiger charge is -2.39. The number of rotatable bonds is 4. The van der Waals surface area contributed by atoms with Crippen LogP contribution in [0.2, 0.25) is 0 Å². The summed E-state index contributed by atoms with van der Waals surface area (Å²) in [4.78, 5) is 4.78. The molecule has 1 saturated heterocycles. The van der Waals surface area contributed by atoms with Gasteiger partial charge in [-0.05, 0) is 26.0 Å². The molecule has 0 bridgehead atoms. The van der Waals surface area contributed by atoms with Crippen molar-refractivity contribution in [2.45, 2.75) is 24.9 Å². The zero-order valence-corrected chi connectivity index (χ0v) is 12.4. The van der Waals surface area contributed by atoms with Gasteiger partial charge in [0.25, 0.3) is 0 Å². The highest BCUT2D eigenvalue weighted by atomic mass is 15.3. The third-order valence-electron chi connectivity index (χ3n) is 4.25. The van der Waals surface area contributed by atoms with Crippen LogP contribution in [0.25, 0.3) is 0 Å². The van der Waals surface area contributed by atoms with E-state index in [4.69, 9.17) is 5.73 Å². The van der Waals surface area contributed by atoms with Crippen LogP contribution in [0.4, 0.5) is 0 Å². The maximum atomic E-state index is 9.47. The van der Waals surface area contributed by atoms with Gasteiger partial charge in [-0.1, -0.05) is 30.3 Å². The second kappa shape index (κ2) is 6.36. The summed E-state index contributed by atoms with van der Waals surface area (Å²) >= 11 is 0. The highest BCUT2D eigenvalue weighted by Gasteiger charge is 2.29. The van der Waals surface area contributed by atoms with Crippen LogP contribution >= 0.6 is 0 Å². The van der Waals surface area contributed by atoms with Gasteiger partial charge in [0, 0.05) is 32.2 Å². The lowest BCUT2D eigenvalue weighted by Crippen LogP contribution is -2.52. The minimum Gasteiger partial charge on any atom is -0.310 e.